The molecule has 20 heavy (non-hydrogen) atoms. The summed E-state index contributed by atoms with van der Waals surface area (Å²) in [7, 11) is 0. The largest absolute Gasteiger partial charge is 0.477 e. The van der Waals surface area contributed by atoms with E-state index in [0.29, 0.717) is 13.0 Å². The molecule has 2 aromatic heterocycles. The normalized spacial score (nSPS) is 10.3. The molecule has 0 fully saturated rings. The van der Waals surface area contributed by atoms with Crippen molar-refractivity contribution < 1.29 is 9.66 Å². The van der Waals surface area contributed by atoms with Gasteiger partial charge in [0, 0.05) is 11.3 Å². The number of nitro groups is 1. The van der Waals surface area contributed by atoms with Crippen LogP contribution in [-0.2, 0) is 6.42 Å². The topological polar surface area (TPSA) is 116 Å². The number of pyridine rings is 1. The quantitative estimate of drug-likeness (QED) is 0.473. The molecule has 3 N–H and O–H groups in total. The second-order valence-corrected chi connectivity index (χ2v) is 4.85. The van der Waals surface area contributed by atoms with E-state index in [4.69, 9.17) is 10.6 Å². The van der Waals surface area contributed by atoms with E-state index in [2.05, 4.69) is 15.4 Å². The molecule has 0 saturated heterocycles. The maximum Gasteiger partial charge on any atom is 0.278 e. The van der Waals surface area contributed by atoms with E-state index >= 15 is 0 Å². The second-order valence-electron chi connectivity index (χ2n) is 3.91. The fraction of sp³-hybridized carbons (Fsp3) is 0.273. The van der Waals surface area contributed by atoms with Crippen LogP contribution in [0, 0.1) is 17.0 Å². The molecule has 2 aromatic rings. The van der Waals surface area contributed by atoms with Gasteiger partial charge < -0.3 is 10.2 Å². The van der Waals surface area contributed by atoms with Gasteiger partial charge in [-0.25, -0.2) is 10.8 Å². The van der Waals surface area contributed by atoms with Crippen molar-refractivity contribution in [1.82, 2.24) is 9.97 Å². The predicted octanol–water partition coefficient (Wildman–Crippen LogP) is 1.66. The molecule has 9 heteroatoms. The van der Waals surface area contributed by atoms with E-state index < -0.39 is 4.92 Å². The van der Waals surface area contributed by atoms with Crippen LogP contribution in [0.5, 0.6) is 5.88 Å². The standard InChI is InChI=1S/C11H13N5O3S/c1-7-9(20-6-13-7)2-3-19-11-5-8(16(17)18)4-10(14-11)15-12/h4-6H,2-3,12H2,1H3,(H,14,15). The lowest BCUT2D eigenvalue weighted by molar-refractivity contribution is -0.384. The van der Waals surface area contributed by atoms with Crippen LogP contribution in [-0.4, -0.2) is 21.5 Å². The first-order chi connectivity index (χ1) is 9.60. The van der Waals surface area contributed by atoms with Gasteiger partial charge in [-0.2, -0.15) is 4.98 Å². The number of anilines is 1. The van der Waals surface area contributed by atoms with Gasteiger partial charge in [-0.05, 0) is 6.92 Å². The minimum absolute atomic E-state index is 0.128. The number of aromatic nitrogens is 2. The fourth-order valence-electron chi connectivity index (χ4n) is 1.56. The summed E-state index contributed by atoms with van der Waals surface area (Å²) in [5.74, 6) is 5.56. The van der Waals surface area contributed by atoms with E-state index in [1.165, 1.54) is 12.1 Å². The Morgan fingerprint density at radius 2 is 2.35 bits per heavy atom. The lowest BCUT2D eigenvalue weighted by Crippen LogP contribution is -2.10. The fourth-order valence-corrected chi connectivity index (χ4v) is 2.32. The van der Waals surface area contributed by atoms with Gasteiger partial charge in [0.1, 0.15) is 0 Å². The molecule has 0 aliphatic heterocycles. The number of nitrogens with two attached hydrogens (primary N) is 1. The van der Waals surface area contributed by atoms with E-state index in [9.17, 15) is 10.1 Å². The summed E-state index contributed by atoms with van der Waals surface area (Å²) in [5.41, 5.74) is 4.88. The first-order valence-electron chi connectivity index (χ1n) is 5.75. The van der Waals surface area contributed by atoms with Gasteiger partial charge in [0.2, 0.25) is 5.88 Å². The van der Waals surface area contributed by atoms with Crippen LogP contribution in [0.2, 0.25) is 0 Å². The van der Waals surface area contributed by atoms with Crippen LogP contribution in [0.3, 0.4) is 0 Å². The highest BCUT2D eigenvalue weighted by molar-refractivity contribution is 7.09. The van der Waals surface area contributed by atoms with Gasteiger partial charge in [0.15, 0.2) is 5.82 Å². The SMILES string of the molecule is Cc1ncsc1CCOc1cc([N+](=O)[O-])cc(NN)n1. The lowest BCUT2D eigenvalue weighted by atomic mass is 10.3. The Kier molecular flexibility index (Phi) is 4.43. The molecule has 0 saturated carbocycles. The number of ether oxygens (including phenoxy) is 1. The van der Waals surface area contributed by atoms with E-state index in [1.807, 2.05) is 6.92 Å². The number of aryl methyl sites for hydroxylation is 1. The Labute approximate surface area is 118 Å². The summed E-state index contributed by atoms with van der Waals surface area (Å²) in [4.78, 5) is 19.5. The Hall–Kier alpha value is -2.26. The summed E-state index contributed by atoms with van der Waals surface area (Å²) in [6, 6.07) is 2.50. The molecule has 0 unspecified atom stereocenters. The molecule has 2 rings (SSSR count). The summed E-state index contributed by atoms with van der Waals surface area (Å²) >= 11 is 1.55. The Morgan fingerprint density at radius 1 is 1.55 bits per heavy atom. The molecule has 0 atom stereocenters. The molecule has 0 amide bonds. The third-order valence-electron chi connectivity index (χ3n) is 2.57. The number of nitrogens with one attached hydrogen (secondary N) is 1. The molecule has 0 spiro atoms. The third kappa shape index (κ3) is 3.39. The summed E-state index contributed by atoms with van der Waals surface area (Å²) in [6.45, 7) is 2.29. The molecule has 0 aromatic carbocycles. The van der Waals surface area contributed by atoms with Crippen molar-refractivity contribution in [1.29, 1.82) is 0 Å². The van der Waals surface area contributed by atoms with Crippen molar-refractivity contribution in [3.63, 3.8) is 0 Å². The average Bonchev–Trinajstić information content (AvgIpc) is 2.84. The number of rotatable bonds is 6. The van der Waals surface area contributed by atoms with Crippen molar-refractivity contribution in [2.24, 2.45) is 5.84 Å². The first-order valence-corrected chi connectivity index (χ1v) is 6.63. The molecule has 106 valence electrons. The average molecular weight is 295 g/mol. The van der Waals surface area contributed by atoms with E-state index in [1.54, 1.807) is 16.8 Å². The van der Waals surface area contributed by atoms with Crippen molar-refractivity contribution in [2.45, 2.75) is 13.3 Å². The minimum atomic E-state index is -0.525. The van der Waals surface area contributed by atoms with Crippen LogP contribution in [0.15, 0.2) is 17.6 Å². The maximum atomic E-state index is 10.8. The highest BCUT2D eigenvalue weighted by atomic mass is 32.1. The second kappa shape index (κ2) is 6.26. The zero-order valence-corrected chi connectivity index (χ0v) is 11.5. The predicted molar refractivity (Wildman–Crippen MR) is 74.8 cm³/mol. The monoisotopic (exact) mass is 295 g/mol. The van der Waals surface area contributed by atoms with Gasteiger partial charge in [-0.3, -0.25) is 10.1 Å². The van der Waals surface area contributed by atoms with Crippen molar-refractivity contribution in [3.8, 4) is 5.88 Å². The third-order valence-corrected chi connectivity index (χ3v) is 3.56. The lowest BCUT2D eigenvalue weighted by Gasteiger charge is -2.06. The molecular weight excluding hydrogens is 282 g/mol. The molecule has 0 aliphatic rings. The van der Waals surface area contributed by atoms with Crippen LogP contribution in [0.1, 0.15) is 10.6 Å². The molecular formula is C11H13N5O3S. The molecule has 0 bridgehead atoms. The van der Waals surface area contributed by atoms with Gasteiger partial charge in [0.25, 0.3) is 5.69 Å². The Balaban J connectivity index is 2.03. The van der Waals surface area contributed by atoms with Crippen molar-refractivity contribution in [2.75, 3.05) is 12.0 Å². The highest BCUT2D eigenvalue weighted by Gasteiger charge is 2.12. The summed E-state index contributed by atoms with van der Waals surface area (Å²) in [6.07, 6.45) is 0.673. The van der Waals surface area contributed by atoms with E-state index in [-0.39, 0.29) is 17.4 Å². The van der Waals surface area contributed by atoms with Gasteiger partial charge in [-0.15, -0.1) is 11.3 Å². The molecule has 0 radical (unpaired) electrons. The van der Waals surface area contributed by atoms with Gasteiger partial charge >= 0.3 is 0 Å². The number of thiazole rings is 1. The van der Waals surface area contributed by atoms with Crippen molar-refractivity contribution >= 4 is 22.8 Å². The van der Waals surface area contributed by atoms with Crippen LogP contribution >= 0.6 is 11.3 Å². The molecule has 0 aliphatic carbocycles. The Morgan fingerprint density at radius 3 is 2.95 bits per heavy atom. The number of nitrogens with zero attached hydrogens (tertiary/aromatic N) is 3. The smallest absolute Gasteiger partial charge is 0.278 e. The summed E-state index contributed by atoms with van der Waals surface area (Å²) in [5, 5.41) is 10.8. The van der Waals surface area contributed by atoms with Crippen molar-refractivity contribution in [3.05, 3.63) is 38.3 Å². The zero-order valence-electron chi connectivity index (χ0n) is 10.7. The number of nitrogen functional groups attached to an aromatic ring is 1. The first kappa shape index (κ1) is 14.2. The highest BCUT2D eigenvalue weighted by Crippen LogP contribution is 2.22. The number of hydrogen-bond donors (Lipinski definition) is 2. The minimum Gasteiger partial charge on any atom is -0.477 e. The summed E-state index contributed by atoms with van der Waals surface area (Å²) < 4.78 is 5.44. The zero-order chi connectivity index (χ0) is 14.5. The number of hydrazine groups is 1. The number of hydrogen-bond acceptors (Lipinski definition) is 8. The maximum absolute atomic E-state index is 10.8. The van der Waals surface area contributed by atoms with Gasteiger partial charge in [0.05, 0.1) is 34.9 Å². The van der Waals surface area contributed by atoms with E-state index in [0.717, 1.165) is 10.6 Å². The Bertz CT molecular complexity index is 616. The molecule has 2 heterocycles. The van der Waals surface area contributed by atoms with Crippen LogP contribution in [0.4, 0.5) is 11.5 Å². The van der Waals surface area contributed by atoms with Crippen LogP contribution < -0.4 is 16.0 Å². The van der Waals surface area contributed by atoms with Gasteiger partial charge in [-0.1, -0.05) is 0 Å². The molecule has 8 nitrogen and oxygen atoms in total. The van der Waals surface area contributed by atoms with Crippen LogP contribution in [0.25, 0.3) is 0 Å².